The molecule has 4 aromatic rings. The lowest BCUT2D eigenvalue weighted by atomic mass is 10.0. The third kappa shape index (κ3) is 3.40. The predicted octanol–water partition coefficient (Wildman–Crippen LogP) is 5.21. The summed E-state index contributed by atoms with van der Waals surface area (Å²) in [5.41, 5.74) is 4.15. The first-order valence-corrected chi connectivity index (χ1v) is 10.8. The van der Waals surface area contributed by atoms with Gasteiger partial charge in [-0.3, -0.25) is 9.97 Å². The van der Waals surface area contributed by atoms with Crippen molar-refractivity contribution in [2.24, 2.45) is 0 Å². The Labute approximate surface area is 188 Å². The molecule has 1 aliphatic rings. The van der Waals surface area contributed by atoms with Gasteiger partial charge in [0.05, 0.1) is 11.7 Å². The smallest absolute Gasteiger partial charge is 0.174 e. The van der Waals surface area contributed by atoms with Crippen LogP contribution in [0.5, 0.6) is 0 Å². The van der Waals surface area contributed by atoms with Gasteiger partial charge in [0, 0.05) is 46.3 Å². The lowest BCUT2D eigenvalue weighted by Crippen LogP contribution is -2.30. The van der Waals surface area contributed by atoms with Gasteiger partial charge in [0.25, 0.3) is 0 Å². The van der Waals surface area contributed by atoms with Crippen LogP contribution in [0.2, 0.25) is 0 Å². The van der Waals surface area contributed by atoms with E-state index in [-0.39, 0.29) is 12.1 Å². The number of benzene rings is 1. The number of halogens is 1. The zero-order valence-electron chi connectivity index (χ0n) is 15.9. The molecule has 3 aromatic heterocycles. The van der Waals surface area contributed by atoms with Crippen molar-refractivity contribution in [1.82, 2.24) is 19.9 Å². The summed E-state index contributed by atoms with van der Waals surface area (Å²) >= 11 is 9.33. The molecule has 1 fully saturated rings. The van der Waals surface area contributed by atoms with Gasteiger partial charge >= 0.3 is 0 Å². The SMILES string of the molecule is S=C1N[C@@H](c2ccccn2)[C@H](c2cccn2-c2ccncc2)N1c1ccc(Br)cc1. The minimum absolute atomic E-state index is 0.0725. The van der Waals surface area contributed by atoms with Crippen LogP contribution in [0.25, 0.3) is 5.69 Å². The summed E-state index contributed by atoms with van der Waals surface area (Å²) in [7, 11) is 0. The second kappa shape index (κ2) is 8.01. The molecule has 0 bridgehead atoms. The summed E-state index contributed by atoms with van der Waals surface area (Å²) < 4.78 is 3.21. The average Bonchev–Trinajstić information content (AvgIpc) is 3.40. The Kier molecular flexibility index (Phi) is 5.06. The lowest BCUT2D eigenvalue weighted by Gasteiger charge is -2.29. The standard InChI is InChI=1S/C23H18BrN5S/c24-16-6-8-18(9-7-16)29-22(21(27-23(29)30)19-4-1-2-12-26-19)20-5-3-15-28(20)17-10-13-25-14-11-17/h1-15,21-22H,(H,27,30)/t21-,22-/m0/s1. The molecule has 1 saturated heterocycles. The van der Waals surface area contributed by atoms with E-state index in [1.807, 2.05) is 48.7 Å². The molecule has 1 aromatic carbocycles. The predicted molar refractivity (Wildman–Crippen MR) is 126 cm³/mol. The summed E-state index contributed by atoms with van der Waals surface area (Å²) in [4.78, 5) is 11.0. The molecule has 30 heavy (non-hydrogen) atoms. The van der Waals surface area contributed by atoms with E-state index in [2.05, 4.69) is 71.1 Å². The van der Waals surface area contributed by atoms with Crippen molar-refractivity contribution in [3.63, 3.8) is 0 Å². The largest absolute Gasteiger partial charge is 0.351 e. The van der Waals surface area contributed by atoms with Crippen molar-refractivity contribution >= 4 is 38.9 Å². The second-order valence-electron chi connectivity index (χ2n) is 6.98. The van der Waals surface area contributed by atoms with Crippen molar-refractivity contribution in [3.8, 4) is 5.69 Å². The fourth-order valence-corrected chi connectivity index (χ4v) is 4.52. The van der Waals surface area contributed by atoms with Crippen LogP contribution in [0.4, 0.5) is 5.69 Å². The molecule has 0 spiro atoms. The summed E-state index contributed by atoms with van der Waals surface area (Å²) in [6.07, 6.45) is 7.50. The van der Waals surface area contributed by atoms with Gasteiger partial charge in [-0.15, -0.1) is 0 Å². The maximum Gasteiger partial charge on any atom is 0.174 e. The topological polar surface area (TPSA) is 46.0 Å². The molecule has 2 atom stereocenters. The molecule has 148 valence electrons. The third-order valence-electron chi connectivity index (χ3n) is 5.23. The molecule has 0 unspecified atom stereocenters. The fourth-order valence-electron chi connectivity index (χ4n) is 3.91. The first-order chi connectivity index (χ1) is 14.7. The summed E-state index contributed by atoms with van der Waals surface area (Å²) in [6, 6.07) is 22.2. The van der Waals surface area contributed by atoms with Gasteiger partial charge in [-0.1, -0.05) is 22.0 Å². The van der Waals surface area contributed by atoms with Crippen molar-refractivity contribution in [2.75, 3.05) is 4.90 Å². The highest BCUT2D eigenvalue weighted by molar-refractivity contribution is 9.10. The second-order valence-corrected chi connectivity index (χ2v) is 8.28. The van der Waals surface area contributed by atoms with E-state index in [0.717, 1.165) is 27.2 Å². The van der Waals surface area contributed by atoms with E-state index in [9.17, 15) is 0 Å². The van der Waals surface area contributed by atoms with Crippen LogP contribution in [0, 0.1) is 0 Å². The Morgan fingerprint density at radius 1 is 0.867 bits per heavy atom. The Balaban J connectivity index is 1.67. The van der Waals surface area contributed by atoms with Gasteiger partial charge in [-0.25, -0.2) is 0 Å². The van der Waals surface area contributed by atoms with Gasteiger partial charge in [0.1, 0.15) is 6.04 Å². The van der Waals surface area contributed by atoms with Crippen LogP contribution < -0.4 is 10.2 Å². The molecule has 0 aliphatic carbocycles. The van der Waals surface area contributed by atoms with Crippen molar-refractivity contribution in [3.05, 3.63) is 107 Å². The normalized spacial score (nSPS) is 18.4. The van der Waals surface area contributed by atoms with Gasteiger partial charge in [-0.05, 0) is 72.9 Å². The van der Waals surface area contributed by atoms with E-state index in [1.165, 1.54) is 0 Å². The molecule has 1 N–H and O–H groups in total. The molecule has 5 rings (SSSR count). The first kappa shape index (κ1) is 19.0. The summed E-state index contributed by atoms with van der Waals surface area (Å²) in [6.45, 7) is 0. The minimum Gasteiger partial charge on any atom is -0.351 e. The molecular formula is C23H18BrN5S. The van der Waals surface area contributed by atoms with Gasteiger partial charge in [-0.2, -0.15) is 0 Å². The maximum atomic E-state index is 5.80. The van der Waals surface area contributed by atoms with Crippen LogP contribution in [0.15, 0.2) is 96.0 Å². The number of hydrogen-bond acceptors (Lipinski definition) is 3. The maximum absolute atomic E-state index is 5.80. The zero-order chi connectivity index (χ0) is 20.5. The Hall–Kier alpha value is -3.03. The number of hydrogen-bond donors (Lipinski definition) is 1. The molecular weight excluding hydrogens is 458 g/mol. The fraction of sp³-hybridized carbons (Fsp3) is 0.0870. The van der Waals surface area contributed by atoms with Crippen molar-refractivity contribution < 1.29 is 0 Å². The van der Waals surface area contributed by atoms with E-state index in [1.54, 1.807) is 12.4 Å². The van der Waals surface area contributed by atoms with Gasteiger partial charge < -0.3 is 14.8 Å². The quantitative estimate of drug-likeness (QED) is 0.410. The molecule has 7 heteroatoms. The molecule has 1 aliphatic heterocycles. The van der Waals surface area contributed by atoms with E-state index < -0.39 is 0 Å². The number of thiocarbonyl (C=S) groups is 1. The lowest BCUT2D eigenvalue weighted by molar-refractivity contribution is 0.549. The van der Waals surface area contributed by atoms with Crippen LogP contribution in [0.3, 0.4) is 0 Å². The number of aromatic nitrogens is 3. The Morgan fingerprint density at radius 2 is 1.67 bits per heavy atom. The Bertz CT molecular complexity index is 1160. The minimum atomic E-state index is -0.0853. The number of rotatable bonds is 4. The number of pyridine rings is 2. The molecule has 0 amide bonds. The summed E-state index contributed by atoms with van der Waals surface area (Å²) in [5.74, 6) is 0. The highest BCUT2D eigenvalue weighted by atomic mass is 79.9. The van der Waals surface area contributed by atoms with Crippen LogP contribution in [-0.2, 0) is 0 Å². The molecule has 4 heterocycles. The average molecular weight is 476 g/mol. The number of nitrogens with zero attached hydrogens (tertiary/aromatic N) is 4. The molecule has 0 saturated carbocycles. The van der Waals surface area contributed by atoms with Gasteiger partial charge in [0.15, 0.2) is 5.11 Å². The van der Waals surface area contributed by atoms with Crippen molar-refractivity contribution in [2.45, 2.75) is 12.1 Å². The number of anilines is 1. The van der Waals surface area contributed by atoms with E-state index in [0.29, 0.717) is 5.11 Å². The highest BCUT2D eigenvalue weighted by Gasteiger charge is 2.42. The highest BCUT2D eigenvalue weighted by Crippen LogP contribution is 2.42. The third-order valence-corrected chi connectivity index (χ3v) is 6.07. The first-order valence-electron chi connectivity index (χ1n) is 9.56. The van der Waals surface area contributed by atoms with Crippen LogP contribution in [-0.4, -0.2) is 19.6 Å². The van der Waals surface area contributed by atoms with E-state index >= 15 is 0 Å². The van der Waals surface area contributed by atoms with Crippen molar-refractivity contribution in [1.29, 1.82) is 0 Å². The van der Waals surface area contributed by atoms with Crippen LogP contribution in [0.1, 0.15) is 23.5 Å². The molecule has 5 nitrogen and oxygen atoms in total. The Morgan fingerprint density at radius 3 is 2.40 bits per heavy atom. The van der Waals surface area contributed by atoms with Crippen LogP contribution >= 0.6 is 28.1 Å². The van der Waals surface area contributed by atoms with E-state index in [4.69, 9.17) is 12.2 Å². The summed E-state index contributed by atoms with van der Waals surface area (Å²) in [5, 5.41) is 4.19. The monoisotopic (exact) mass is 475 g/mol. The zero-order valence-corrected chi connectivity index (χ0v) is 18.3. The van der Waals surface area contributed by atoms with Gasteiger partial charge in [0.2, 0.25) is 0 Å². The number of nitrogens with one attached hydrogen (secondary N) is 1. The molecule has 0 radical (unpaired) electrons.